The van der Waals surface area contributed by atoms with Gasteiger partial charge in [-0.15, -0.1) is 0 Å². The standard InChI is InChI=1S/C24H32N2O3/c1-17(19-13-12-18-8-5-6-9-20(18)14-19)25-23(27)16-26(2)15-21-10-7-11-22(28-3)24(21)29-4/h7,10-14,17H,5-6,8-9,15-16H2,1-4H3,(H,25,27)/p+1/t17-/m1/s1. The van der Waals surface area contributed by atoms with Gasteiger partial charge in [-0.3, -0.25) is 4.79 Å². The Morgan fingerprint density at radius 3 is 2.59 bits per heavy atom. The maximum absolute atomic E-state index is 12.6. The summed E-state index contributed by atoms with van der Waals surface area (Å²) in [7, 11) is 5.29. The van der Waals surface area contributed by atoms with Crippen LogP contribution < -0.4 is 19.7 Å². The summed E-state index contributed by atoms with van der Waals surface area (Å²) < 4.78 is 10.9. The van der Waals surface area contributed by atoms with Gasteiger partial charge < -0.3 is 19.7 Å². The minimum atomic E-state index is 0.00822. The van der Waals surface area contributed by atoms with Gasteiger partial charge in [0.05, 0.1) is 32.9 Å². The van der Waals surface area contributed by atoms with Crippen LogP contribution in [0, 0.1) is 0 Å². The Kier molecular flexibility index (Phi) is 7.15. The molecule has 0 fully saturated rings. The molecule has 2 aromatic rings. The number of methoxy groups -OCH3 is 2. The lowest BCUT2D eigenvalue weighted by atomic mass is 9.89. The van der Waals surface area contributed by atoms with E-state index in [9.17, 15) is 4.79 Å². The van der Waals surface area contributed by atoms with E-state index in [-0.39, 0.29) is 11.9 Å². The minimum absolute atomic E-state index is 0.00822. The van der Waals surface area contributed by atoms with Gasteiger partial charge in [0, 0.05) is 0 Å². The summed E-state index contributed by atoms with van der Waals surface area (Å²) in [6.07, 6.45) is 4.88. The molecule has 0 radical (unpaired) electrons. The summed E-state index contributed by atoms with van der Waals surface area (Å²) >= 11 is 0. The average Bonchev–Trinajstić information content (AvgIpc) is 2.72. The highest BCUT2D eigenvalue weighted by Crippen LogP contribution is 2.30. The monoisotopic (exact) mass is 397 g/mol. The van der Waals surface area contributed by atoms with E-state index in [0.29, 0.717) is 18.8 Å². The molecule has 0 spiro atoms. The van der Waals surface area contributed by atoms with Crippen LogP contribution in [0.15, 0.2) is 36.4 Å². The number of aryl methyl sites for hydroxylation is 2. The van der Waals surface area contributed by atoms with Crippen LogP contribution in [0.25, 0.3) is 0 Å². The van der Waals surface area contributed by atoms with Gasteiger partial charge in [-0.05, 0) is 61.4 Å². The van der Waals surface area contributed by atoms with Crippen LogP contribution in [0.3, 0.4) is 0 Å². The van der Waals surface area contributed by atoms with E-state index in [1.54, 1.807) is 14.2 Å². The number of nitrogens with one attached hydrogen (secondary N) is 2. The third-order valence-electron chi connectivity index (χ3n) is 5.69. The van der Waals surface area contributed by atoms with Crippen molar-refractivity contribution in [2.45, 2.75) is 45.2 Å². The fourth-order valence-electron chi connectivity index (χ4n) is 4.15. The second kappa shape index (κ2) is 9.79. The summed E-state index contributed by atoms with van der Waals surface area (Å²) in [6.45, 7) is 3.14. The van der Waals surface area contributed by atoms with Gasteiger partial charge in [0.15, 0.2) is 18.0 Å². The number of amides is 1. The Hall–Kier alpha value is -2.53. The highest BCUT2D eigenvalue weighted by molar-refractivity contribution is 5.77. The SMILES string of the molecule is COc1cccc(C[NH+](C)CC(=O)N[C@H](C)c2ccc3c(c2)CCCC3)c1OC. The quantitative estimate of drug-likeness (QED) is 0.720. The minimum Gasteiger partial charge on any atom is -0.493 e. The molecular weight excluding hydrogens is 364 g/mol. The highest BCUT2D eigenvalue weighted by atomic mass is 16.5. The molecule has 2 N–H and O–H groups in total. The van der Waals surface area contributed by atoms with Crippen molar-refractivity contribution in [2.75, 3.05) is 27.8 Å². The fraction of sp³-hybridized carbons (Fsp3) is 0.458. The van der Waals surface area contributed by atoms with E-state index in [2.05, 4.69) is 30.4 Å². The molecule has 3 rings (SSSR count). The maximum Gasteiger partial charge on any atom is 0.275 e. The Balaban J connectivity index is 1.58. The highest BCUT2D eigenvalue weighted by Gasteiger charge is 2.18. The molecule has 5 nitrogen and oxygen atoms in total. The van der Waals surface area contributed by atoms with Gasteiger partial charge in [0.25, 0.3) is 5.91 Å². The van der Waals surface area contributed by atoms with Crippen LogP contribution >= 0.6 is 0 Å². The first-order valence-corrected chi connectivity index (χ1v) is 10.4. The number of ether oxygens (including phenoxy) is 2. The Bertz CT molecular complexity index is 850. The van der Waals surface area contributed by atoms with Crippen molar-refractivity contribution in [3.05, 3.63) is 58.7 Å². The zero-order valence-electron chi connectivity index (χ0n) is 18.0. The fourth-order valence-corrected chi connectivity index (χ4v) is 4.15. The van der Waals surface area contributed by atoms with Crippen molar-refractivity contribution in [3.63, 3.8) is 0 Å². The number of para-hydroxylation sites is 1. The topological polar surface area (TPSA) is 52.0 Å². The normalized spacial score (nSPS) is 15.2. The molecule has 0 saturated heterocycles. The number of rotatable bonds is 8. The van der Waals surface area contributed by atoms with Crippen LogP contribution in [-0.4, -0.2) is 33.7 Å². The van der Waals surface area contributed by atoms with Crippen LogP contribution in [0.1, 0.15) is 48.1 Å². The molecule has 0 saturated carbocycles. The number of hydrogen-bond donors (Lipinski definition) is 2. The van der Waals surface area contributed by atoms with Crippen molar-refractivity contribution in [3.8, 4) is 11.5 Å². The van der Waals surface area contributed by atoms with Crippen molar-refractivity contribution >= 4 is 5.91 Å². The second-order valence-corrected chi connectivity index (χ2v) is 7.99. The van der Waals surface area contributed by atoms with E-state index in [0.717, 1.165) is 22.6 Å². The smallest absolute Gasteiger partial charge is 0.275 e. The van der Waals surface area contributed by atoms with E-state index >= 15 is 0 Å². The number of carbonyl (C=O) groups is 1. The maximum atomic E-state index is 12.6. The van der Waals surface area contributed by atoms with Crippen LogP contribution in [0.5, 0.6) is 11.5 Å². The van der Waals surface area contributed by atoms with Gasteiger partial charge in [-0.2, -0.15) is 0 Å². The van der Waals surface area contributed by atoms with Crippen LogP contribution in [-0.2, 0) is 24.2 Å². The lowest BCUT2D eigenvalue weighted by Gasteiger charge is -2.21. The van der Waals surface area contributed by atoms with Crippen LogP contribution in [0.2, 0.25) is 0 Å². The summed E-state index contributed by atoms with van der Waals surface area (Å²) in [5.41, 5.74) is 5.13. The number of likely N-dealkylation sites (N-methyl/N-ethyl adjacent to an activating group) is 1. The molecule has 0 aliphatic heterocycles. The van der Waals surface area contributed by atoms with E-state index in [1.165, 1.54) is 36.0 Å². The van der Waals surface area contributed by atoms with Gasteiger partial charge in [0.2, 0.25) is 0 Å². The molecule has 0 heterocycles. The molecule has 29 heavy (non-hydrogen) atoms. The molecule has 1 amide bonds. The van der Waals surface area contributed by atoms with Crippen LogP contribution in [0.4, 0.5) is 0 Å². The molecule has 2 aromatic carbocycles. The van der Waals surface area contributed by atoms with E-state index in [4.69, 9.17) is 9.47 Å². The van der Waals surface area contributed by atoms with Gasteiger partial charge in [-0.1, -0.05) is 24.3 Å². The molecule has 0 bridgehead atoms. The van der Waals surface area contributed by atoms with Crippen molar-refractivity contribution in [2.24, 2.45) is 0 Å². The number of quaternary nitrogens is 1. The Labute approximate surface area is 174 Å². The Morgan fingerprint density at radius 2 is 1.86 bits per heavy atom. The third-order valence-corrected chi connectivity index (χ3v) is 5.69. The van der Waals surface area contributed by atoms with Gasteiger partial charge in [0.1, 0.15) is 6.54 Å². The van der Waals surface area contributed by atoms with Gasteiger partial charge >= 0.3 is 0 Å². The number of fused-ring (bicyclic) bond motifs is 1. The number of benzene rings is 2. The summed E-state index contributed by atoms with van der Waals surface area (Å²) in [6, 6.07) is 12.5. The van der Waals surface area contributed by atoms with Gasteiger partial charge in [-0.25, -0.2) is 0 Å². The first-order valence-electron chi connectivity index (χ1n) is 10.4. The molecule has 0 aromatic heterocycles. The predicted octanol–water partition coefficient (Wildman–Crippen LogP) is 2.47. The number of carbonyl (C=O) groups excluding carboxylic acids is 1. The average molecular weight is 398 g/mol. The van der Waals surface area contributed by atoms with Crippen molar-refractivity contribution in [1.82, 2.24) is 5.32 Å². The molecule has 1 unspecified atom stereocenters. The molecule has 2 atom stereocenters. The lowest BCUT2D eigenvalue weighted by Crippen LogP contribution is -3.08. The predicted molar refractivity (Wildman–Crippen MR) is 115 cm³/mol. The molecule has 1 aliphatic carbocycles. The Morgan fingerprint density at radius 1 is 1.10 bits per heavy atom. The third kappa shape index (κ3) is 5.30. The largest absolute Gasteiger partial charge is 0.493 e. The zero-order valence-corrected chi connectivity index (χ0v) is 18.0. The first-order chi connectivity index (χ1) is 14.0. The summed E-state index contributed by atoms with van der Waals surface area (Å²) in [4.78, 5) is 13.7. The molecular formula is C24H33N2O3+. The molecule has 1 aliphatic rings. The van der Waals surface area contributed by atoms with E-state index in [1.807, 2.05) is 25.2 Å². The zero-order chi connectivity index (χ0) is 20.8. The first kappa shape index (κ1) is 21.2. The molecule has 5 heteroatoms. The lowest BCUT2D eigenvalue weighted by molar-refractivity contribution is -0.885. The summed E-state index contributed by atoms with van der Waals surface area (Å²) in [5.74, 6) is 1.50. The van der Waals surface area contributed by atoms with Crippen molar-refractivity contribution in [1.29, 1.82) is 0 Å². The number of hydrogen-bond acceptors (Lipinski definition) is 3. The summed E-state index contributed by atoms with van der Waals surface area (Å²) in [5, 5.41) is 3.16. The van der Waals surface area contributed by atoms with Crippen molar-refractivity contribution < 1.29 is 19.2 Å². The van der Waals surface area contributed by atoms with E-state index < -0.39 is 0 Å². The molecule has 156 valence electrons. The second-order valence-electron chi connectivity index (χ2n) is 7.99.